The summed E-state index contributed by atoms with van der Waals surface area (Å²) < 4.78 is 6.04. The van der Waals surface area contributed by atoms with Gasteiger partial charge in [-0.15, -0.1) is 24.0 Å². The van der Waals surface area contributed by atoms with Crippen LogP contribution in [0.2, 0.25) is 0 Å². The van der Waals surface area contributed by atoms with Gasteiger partial charge in [-0.1, -0.05) is 24.3 Å². The average Bonchev–Trinajstić information content (AvgIpc) is 3.15. The number of aryl methyl sites for hydroxylation is 1. The van der Waals surface area contributed by atoms with Gasteiger partial charge < -0.3 is 15.0 Å². The van der Waals surface area contributed by atoms with Crippen molar-refractivity contribution in [1.82, 2.24) is 10.2 Å². The third-order valence-electron chi connectivity index (χ3n) is 4.48. The van der Waals surface area contributed by atoms with E-state index >= 15 is 0 Å². The molecule has 4 nitrogen and oxygen atoms in total. The minimum atomic E-state index is 0. The zero-order valence-corrected chi connectivity index (χ0v) is 18.6. The second-order valence-electron chi connectivity index (χ2n) is 6.28. The lowest BCUT2D eigenvalue weighted by Crippen LogP contribution is -2.48. The first-order valence-corrected chi connectivity index (χ1v) is 9.93. The van der Waals surface area contributed by atoms with Crippen molar-refractivity contribution in [2.75, 3.05) is 32.8 Å². The molecular weight excluding hydrogens is 457 g/mol. The average molecular weight is 485 g/mol. The molecule has 142 valence electrons. The van der Waals surface area contributed by atoms with Crippen molar-refractivity contribution in [1.29, 1.82) is 0 Å². The molecule has 1 aromatic carbocycles. The molecule has 1 saturated heterocycles. The number of guanidine groups is 1. The molecule has 0 amide bonds. The monoisotopic (exact) mass is 485 g/mol. The predicted molar refractivity (Wildman–Crippen MR) is 121 cm³/mol. The Kier molecular flexibility index (Phi) is 8.87. The normalized spacial score (nSPS) is 17.7. The smallest absolute Gasteiger partial charge is 0.194 e. The Morgan fingerprint density at radius 2 is 2.19 bits per heavy atom. The Balaban J connectivity index is 0.00000243. The van der Waals surface area contributed by atoms with Gasteiger partial charge in [-0.2, -0.15) is 11.3 Å². The molecule has 1 aliphatic heterocycles. The molecular formula is C20H28IN3OS. The lowest BCUT2D eigenvalue weighted by atomic mass is 10.0. The van der Waals surface area contributed by atoms with E-state index in [0.717, 1.165) is 45.2 Å². The predicted octanol–water partition coefficient (Wildman–Crippen LogP) is 4.26. The maximum atomic E-state index is 6.04. The molecule has 3 rings (SSSR count). The molecule has 1 fully saturated rings. The summed E-state index contributed by atoms with van der Waals surface area (Å²) in [5, 5.41) is 7.77. The first-order valence-electron chi connectivity index (χ1n) is 8.99. The maximum Gasteiger partial charge on any atom is 0.194 e. The molecule has 2 aromatic rings. The highest BCUT2D eigenvalue weighted by molar-refractivity contribution is 14.0. The van der Waals surface area contributed by atoms with Gasteiger partial charge >= 0.3 is 0 Å². The number of hydrogen-bond acceptors (Lipinski definition) is 3. The minimum Gasteiger partial charge on any atom is -0.370 e. The van der Waals surface area contributed by atoms with Crippen molar-refractivity contribution in [2.24, 2.45) is 4.99 Å². The van der Waals surface area contributed by atoms with Crippen LogP contribution in [0.4, 0.5) is 0 Å². The van der Waals surface area contributed by atoms with E-state index in [-0.39, 0.29) is 30.1 Å². The van der Waals surface area contributed by atoms with Crippen LogP contribution < -0.4 is 5.32 Å². The van der Waals surface area contributed by atoms with E-state index in [1.807, 2.05) is 0 Å². The molecule has 1 aliphatic rings. The molecule has 6 heteroatoms. The van der Waals surface area contributed by atoms with Crippen molar-refractivity contribution in [3.8, 4) is 0 Å². The molecule has 0 radical (unpaired) electrons. The standard InChI is InChI=1S/C20H27N3OS.HI/c1-3-21-20(22-10-8-17-9-13-25-15-17)23-11-12-24-19(14-23)18-7-5-4-6-16(18)2;/h4-7,9,13,15,19H,3,8,10-12,14H2,1-2H3,(H,21,22);1H. The number of ether oxygens (including phenoxy) is 1. The molecule has 0 aliphatic carbocycles. The summed E-state index contributed by atoms with van der Waals surface area (Å²) in [6.45, 7) is 8.41. The van der Waals surface area contributed by atoms with Crippen molar-refractivity contribution >= 4 is 41.3 Å². The Bertz CT molecular complexity index is 690. The summed E-state index contributed by atoms with van der Waals surface area (Å²) in [4.78, 5) is 7.17. The molecule has 2 heterocycles. The summed E-state index contributed by atoms with van der Waals surface area (Å²) in [6, 6.07) is 10.7. The van der Waals surface area contributed by atoms with Crippen molar-refractivity contribution in [2.45, 2.75) is 26.4 Å². The number of thiophene rings is 1. The number of aliphatic imine (C=N–C) groups is 1. The molecule has 1 aromatic heterocycles. The lowest BCUT2D eigenvalue weighted by molar-refractivity contribution is -0.00832. The van der Waals surface area contributed by atoms with E-state index < -0.39 is 0 Å². The van der Waals surface area contributed by atoms with Gasteiger partial charge in [-0.3, -0.25) is 4.99 Å². The maximum absolute atomic E-state index is 6.04. The van der Waals surface area contributed by atoms with Crippen molar-refractivity contribution < 1.29 is 4.74 Å². The van der Waals surface area contributed by atoms with Crippen LogP contribution in [-0.4, -0.2) is 43.6 Å². The largest absolute Gasteiger partial charge is 0.370 e. The van der Waals surface area contributed by atoms with Gasteiger partial charge in [0.1, 0.15) is 6.10 Å². The third kappa shape index (κ3) is 5.69. The summed E-state index contributed by atoms with van der Waals surface area (Å²) in [7, 11) is 0. The number of nitrogens with one attached hydrogen (secondary N) is 1. The first-order chi connectivity index (χ1) is 12.3. The molecule has 0 saturated carbocycles. The zero-order valence-electron chi connectivity index (χ0n) is 15.5. The van der Waals surface area contributed by atoms with Crippen LogP contribution >= 0.6 is 35.3 Å². The highest BCUT2D eigenvalue weighted by atomic mass is 127. The van der Waals surface area contributed by atoms with E-state index in [2.05, 4.69) is 65.2 Å². The second kappa shape index (κ2) is 10.9. The number of nitrogens with zero attached hydrogens (tertiary/aromatic N) is 2. The number of morpholine rings is 1. The van der Waals surface area contributed by atoms with Gasteiger partial charge in [0.05, 0.1) is 13.2 Å². The van der Waals surface area contributed by atoms with Gasteiger partial charge in [0.2, 0.25) is 0 Å². The highest BCUT2D eigenvalue weighted by Gasteiger charge is 2.25. The SMILES string of the molecule is CCNC(=NCCc1ccsc1)N1CCOC(c2ccccc2C)C1.I. The van der Waals surface area contributed by atoms with Crippen LogP contribution in [0.1, 0.15) is 29.7 Å². The van der Waals surface area contributed by atoms with E-state index in [0.29, 0.717) is 0 Å². The molecule has 1 N–H and O–H groups in total. The Labute approximate surface area is 177 Å². The number of benzene rings is 1. The molecule has 0 spiro atoms. The summed E-state index contributed by atoms with van der Waals surface area (Å²) in [5.41, 5.74) is 3.93. The lowest BCUT2D eigenvalue weighted by Gasteiger charge is -2.35. The number of halogens is 1. The Morgan fingerprint density at radius 3 is 2.92 bits per heavy atom. The van der Waals surface area contributed by atoms with E-state index in [9.17, 15) is 0 Å². The van der Waals surface area contributed by atoms with Gasteiger partial charge in [0, 0.05) is 19.6 Å². The zero-order chi connectivity index (χ0) is 17.5. The Hall–Kier alpha value is -1.12. The van der Waals surface area contributed by atoms with Gasteiger partial charge in [0.25, 0.3) is 0 Å². The van der Waals surface area contributed by atoms with E-state index in [4.69, 9.17) is 9.73 Å². The topological polar surface area (TPSA) is 36.9 Å². The summed E-state index contributed by atoms with van der Waals surface area (Å²) in [6.07, 6.45) is 1.10. The van der Waals surface area contributed by atoms with Crippen LogP contribution in [0.5, 0.6) is 0 Å². The number of rotatable bonds is 5. The van der Waals surface area contributed by atoms with Crippen LogP contribution in [-0.2, 0) is 11.2 Å². The fourth-order valence-corrected chi connectivity index (χ4v) is 3.83. The molecule has 1 unspecified atom stereocenters. The van der Waals surface area contributed by atoms with E-state index in [1.165, 1.54) is 16.7 Å². The van der Waals surface area contributed by atoms with Crippen molar-refractivity contribution in [3.63, 3.8) is 0 Å². The fraction of sp³-hybridized carbons (Fsp3) is 0.450. The van der Waals surface area contributed by atoms with Gasteiger partial charge in [-0.25, -0.2) is 0 Å². The number of hydrogen-bond donors (Lipinski definition) is 1. The van der Waals surface area contributed by atoms with Crippen molar-refractivity contribution in [3.05, 3.63) is 57.8 Å². The molecule has 26 heavy (non-hydrogen) atoms. The van der Waals surface area contributed by atoms with Crippen LogP contribution in [0.15, 0.2) is 46.1 Å². The van der Waals surface area contributed by atoms with Crippen LogP contribution in [0, 0.1) is 6.92 Å². The second-order valence-corrected chi connectivity index (χ2v) is 7.06. The Morgan fingerprint density at radius 1 is 1.35 bits per heavy atom. The van der Waals surface area contributed by atoms with Gasteiger partial charge in [0.15, 0.2) is 5.96 Å². The summed E-state index contributed by atoms with van der Waals surface area (Å²) >= 11 is 1.74. The quantitative estimate of drug-likeness (QED) is 0.391. The van der Waals surface area contributed by atoms with Crippen LogP contribution in [0.3, 0.4) is 0 Å². The summed E-state index contributed by atoms with van der Waals surface area (Å²) in [5.74, 6) is 1.000. The molecule has 0 bridgehead atoms. The third-order valence-corrected chi connectivity index (χ3v) is 5.21. The fourth-order valence-electron chi connectivity index (χ4n) is 3.13. The van der Waals surface area contributed by atoms with Crippen LogP contribution in [0.25, 0.3) is 0 Å². The molecule has 1 atom stereocenters. The van der Waals surface area contributed by atoms with E-state index in [1.54, 1.807) is 11.3 Å². The minimum absolute atomic E-state index is 0. The highest BCUT2D eigenvalue weighted by Crippen LogP contribution is 2.25. The van der Waals surface area contributed by atoms with Gasteiger partial charge in [-0.05, 0) is 53.8 Å². The first kappa shape index (κ1) is 21.2.